The number of hydrogen-bond donors (Lipinski definition) is 1. The Morgan fingerprint density at radius 3 is 1.57 bits per heavy atom. The highest BCUT2D eigenvalue weighted by atomic mass is 32.2. The van der Waals surface area contributed by atoms with Gasteiger partial charge < -0.3 is 5.32 Å². The molecule has 0 aromatic heterocycles. The van der Waals surface area contributed by atoms with Gasteiger partial charge >= 0.3 is 0 Å². The lowest BCUT2D eigenvalue weighted by Crippen LogP contribution is -2.22. The number of carbonyl (C=O) groups is 1. The fourth-order valence-corrected chi connectivity index (χ4v) is 3.66. The first-order chi connectivity index (χ1) is 11.3. The van der Waals surface area contributed by atoms with Crippen LogP contribution < -0.4 is 5.32 Å². The summed E-state index contributed by atoms with van der Waals surface area (Å²) in [6, 6.07) is 0. The Morgan fingerprint density at radius 2 is 1.13 bits per heavy atom. The van der Waals surface area contributed by atoms with Gasteiger partial charge in [0.15, 0.2) is 0 Å². The van der Waals surface area contributed by atoms with Crippen LogP contribution in [0.15, 0.2) is 0 Å². The fraction of sp³-hybridized carbons (Fsp3) is 0.950. The maximum atomic E-state index is 10.7. The molecule has 0 rings (SSSR count). The van der Waals surface area contributed by atoms with Crippen molar-refractivity contribution in [2.75, 3.05) is 18.1 Å². The second kappa shape index (κ2) is 19.9. The summed E-state index contributed by atoms with van der Waals surface area (Å²) in [5.74, 6) is 2.39. The highest BCUT2D eigenvalue weighted by Gasteiger charge is 1.95. The van der Waals surface area contributed by atoms with Crippen molar-refractivity contribution in [2.24, 2.45) is 0 Å². The van der Waals surface area contributed by atoms with E-state index < -0.39 is 0 Å². The molecule has 0 radical (unpaired) electrons. The van der Waals surface area contributed by atoms with Gasteiger partial charge in [0.25, 0.3) is 0 Å². The molecule has 0 heterocycles. The maximum Gasteiger partial charge on any atom is 0.216 e. The van der Waals surface area contributed by atoms with E-state index in [9.17, 15) is 4.79 Å². The minimum Gasteiger partial charge on any atom is -0.356 e. The van der Waals surface area contributed by atoms with E-state index in [2.05, 4.69) is 12.2 Å². The molecule has 0 aromatic rings. The van der Waals surface area contributed by atoms with Crippen molar-refractivity contribution in [2.45, 2.75) is 104 Å². The van der Waals surface area contributed by atoms with E-state index in [4.69, 9.17) is 0 Å². The van der Waals surface area contributed by atoms with Crippen molar-refractivity contribution in [3.8, 4) is 0 Å². The molecule has 2 nitrogen and oxygen atoms in total. The quantitative estimate of drug-likeness (QED) is 0.294. The largest absolute Gasteiger partial charge is 0.356 e. The average Bonchev–Trinajstić information content (AvgIpc) is 2.53. The highest BCUT2D eigenvalue weighted by molar-refractivity contribution is 7.99. The third kappa shape index (κ3) is 21.8. The van der Waals surface area contributed by atoms with Crippen molar-refractivity contribution in [3.63, 3.8) is 0 Å². The summed E-state index contributed by atoms with van der Waals surface area (Å²) in [5, 5.41) is 2.84. The van der Waals surface area contributed by atoms with E-state index in [0.29, 0.717) is 0 Å². The van der Waals surface area contributed by atoms with Crippen LogP contribution in [0.4, 0.5) is 0 Å². The van der Waals surface area contributed by atoms with Crippen molar-refractivity contribution < 1.29 is 4.79 Å². The topological polar surface area (TPSA) is 29.1 Å². The van der Waals surface area contributed by atoms with Gasteiger partial charge in [-0.05, 0) is 12.2 Å². The lowest BCUT2D eigenvalue weighted by atomic mass is 10.0. The van der Waals surface area contributed by atoms with Gasteiger partial charge in [0.1, 0.15) is 0 Å². The van der Waals surface area contributed by atoms with Crippen LogP contribution in [0.1, 0.15) is 104 Å². The average molecular weight is 344 g/mol. The molecule has 0 aliphatic heterocycles. The van der Waals surface area contributed by atoms with Crippen LogP contribution in [0.25, 0.3) is 0 Å². The van der Waals surface area contributed by atoms with Crippen molar-refractivity contribution >= 4 is 17.7 Å². The summed E-state index contributed by atoms with van der Waals surface area (Å²) < 4.78 is 0. The minimum absolute atomic E-state index is 0.0853. The number of amides is 1. The third-order valence-electron chi connectivity index (χ3n) is 4.26. The number of carbonyl (C=O) groups excluding carboxylic acids is 1. The van der Waals surface area contributed by atoms with Crippen LogP contribution >= 0.6 is 11.8 Å². The van der Waals surface area contributed by atoms with Crippen molar-refractivity contribution in [1.82, 2.24) is 5.32 Å². The summed E-state index contributed by atoms with van der Waals surface area (Å²) in [6.07, 6.45) is 19.9. The molecule has 1 amide bonds. The Morgan fingerprint density at radius 1 is 0.696 bits per heavy atom. The standard InChI is InChI=1S/C20H41NOS/c1-3-4-5-6-7-8-9-10-11-12-13-14-15-16-18-23-19-17-21-20(2)22/h3-19H2,1-2H3,(H,21,22). The molecule has 0 aromatic carbocycles. The smallest absolute Gasteiger partial charge is 0.216 e. The SMILES string of the molecule is CCCCCCCCCCCCCCCCSCCNC(C)=O. The molecule has 3 heteroatoms. The van der Waals surface area contributed by atoms with E-state index in [-0.39, 0.29) is 5.91 Å². The normalized spacial score (nSPS) is 10.9. The molecule has 0 saturated heterocycles. The van der Waals surface area contributed by atoms with Gasteiger partial charge in [-0.1, -0.05) is 90.4 Å². The van der Waals surface area contributed by atoms with E-state index in [1.54, 1.807) is 6.92 Å². The predicted molar refractivity (Wildman–Crippen MR) is 106 cm³/mol. The highest BCUT2D eigenvalue weighted by Crippen LogP contribution is 2.13. The predicted octanol–water partition coefficient (Wildman–Crippen LogP) is 6.34. The molecular weight excluding hydrogens is 302 g/mol. The zero-order chi connectivity index (χ0) is 17.0. The van der Waals surface area contributed by atoms with Crippen molar-refractivity contribution in [1.29, 1.82) is 0 Å². The molecule has 0 atom stereocenters. The van der Waals surface area contributed by atoms with Gasteiger partial charge in [0.05, 0.1) is 0 Å². The zero-order valence-electron chi connectivity index (χ0n) is 15.8. The number of unbranched alkanes of at least 4 members (excludes halogenated alkanes) is 13. The third-order valence-corrected chi connectivity index (χ3v) is 5.33. The summed E-state index contributed by atoms with van der Waals surface area (Å²) in [7, 11) is 0. The van der Waals surface area contributed by atoms with Crippen LogP contribution in [-0.2, 0) is 4.79 Å². The number of hydrogen-bond acceptors (Lipinski definition) is 2. The molecule has 0 fully saturated rings. The van der Waals surface area contributed by atoms with Crippen molar-refractivity contribution in [3.05, 3.63) is 0 Å². The summed E-state index contributed by atoms with van der Waals surface area (Å²) in [4.78, 5) is 10.7. The Hall–Kier alpha value is -0.180. The van der Waals surface area contributed by atoms with Gasteiger partial charge in [0.2, 0.25) is 5.91 Å². The molecule has 0 saturated carbocycles. The van der Waals surface area contributed by atoms with E-state index in [1.165, 1.54) is 95.6 Å². The maximum absolute atomic E-state index is 10.7. The number of nitrogens with one attached hydrogen (secondary N) is 1. The molecule has 1 N–H and O–H groups in total. The Kier molecular flexibility index (Phi) is 19.7. The first-order valence-corrected chi connectivity index (χ1v) is 11.2. The first kappa shape index (κ1) is 22.8. The van der Waals surface area contributed by atoms with Crippen LogP contribution in [0.5, 0.6) is 0 Å². The van der Waals surface area contributed by atoms with E-state index in [0.717, 1.165) is 12.3 Å². The first-order valence-electron chi connectivity index (χ1n) is 10.1. The van der Waals surface area contributed by atoms with Crippen LogP contribution in [0.2, 0.25) is 0 Å². The second-order valence-electron chi connectivity index (χ2n) is 6.69. The molecule has 0 unspecified atom stereocenters. The van der Waals surface area contributed by atoms with Crippen LogP contribution in [0.3, 0.4) is 0 Å². The molecule has 0 aliphatic rings. The molecule has 0 spiro atoms. The van der Waals surface area contributed by atoms with Gasteiger partial charge in [-0.3, -0.25) is 4.79 Å². The summed E-state index contributed by atoms with van der Waals surface area (Å²) >= 11 is 1.96. The monoisotopic (exact) mass is 343 g/mol. The minimum atomic E-state index is 0.0853. The lowest BCUT2D eigenvalue weighted by Gasteiger charge is -2.04. The van der Waals surface area contributed by atoms with E-state index >= 15 is 0 Å². The van der Waals surface area contributed by atoms with Gasteiger partial charge in [-0.2, -0.15) is 11.8 Å². The summed E-state index contributed by atoms with van der Waals surface area (Å²) in [5.41, 5.74) is 0. The van der Waals surface area contributed by atoms with Crippen LogP contribution in [-0.4, -0.2) is 24.0 Å². The number of thioether (sulfide) groups is 1. The fourth-order valence-electron chi connectivity index (χ4n) is 2.80. The molecule has 0 bridgehead atoms. The second-order valence-corrected chi connectivity index (χ2v) is 7.92. The zero-order valence-corrected chi connectivity index (χ0v) is 16.7. The summed E-state index contributed by atoms with van der Waals surface area (Å²) in [6.45, 7) is 4.68. The molecule has 0 aliphatic carbocycles. The Labute approximate surface area is 150 Å². The van der Waals surface area contributed by atoms with Gasteiger partial charge in [-0.25, -0.2) is 0 Å². The van der Waals surface area contributed by atoms with Crippen LogP contribution in [0, 0.1) is 0 Å². The Bertz CT molecular complexity index is 246. The Balaban J connectivity index is 2.96. The molecule has 23 heavy (non-hydrogen) atoms. The van der Waals surface area contributed by atoms with E-state index in [1.807, 2.05) is 11.8 Å². The molecule has 138 valence electrons. The molecular formula is C20H41NOS. The number of rotatable bonds is 18. The van der Waals surface area contributed by atoms with Gasteiger partial charge in [0, 0.05) is 19.2 Å². The lowest BCUT2D eigenvalue weighted by molar-refractivity contribution is -0.118. The van der Waals surface area contributed by atoms with Gasteiger partial charge in [-0.15, -0.1) is 0 Å².